The molecule has 0 aliphatic heterocycles. The van der Waals surface area contributed by atoms with Gasteiger partial charge in [-0.05, 0) is 30.9 Å². The second kappa shape index (κ2) is 3.86. The van der Waals surface area contributed by atoms with Crippen LogP contribution in [0.2, 0.25) is 0 Å². The molecule has 0 bridgehead atoms. The highest BCUT2D eigenvalue weighted by Crippen LogP contribution is 2.27. The van der Waals surface area contributed by atoms with E-state index in [0.717, 1.165) is 6.54 Å². The Labute approximate surface area is 83.7 Å². The molecule has 1 aliphatic rings. The van der Waals surface area contributed by atoms with Crippen molar-refractivity contribution in [2.75, 3.05) is 13.6 Å². The maximum Gasteiger partial charge on any atom is 0.289 e. The summed E-state index contributed by atoms with van der Waals surface area (Å²) < 4.78 is 5.06. The number of hydrogen-bond donors (Lipinski definition) is 0. The van der Waals surface area contributed by atoms with Gasteiger partial charge in [-0.2, -0.15) is 0 Å². The molecule has 0 atom stereocenters. The van der Waals surface area contributed by atoms with Crippen LogP contribution in [-0.2, 0) is 0 Å². The summed E-state index contributed by atoms with van der Waals surface area (Å²) in [6.45, 7) is 0.861. The molecular formula is C11H15NO2. The van der Waals surface area contributed by atoms with E-state index in [-0.39, 0.29) is 5.91 Å². The number of carbonyl (C=O) groups is 1. The van der Waals surface area contributed by atoms with Crippen LogP contribution in [0.3, 0.4) is 0 Å². The maximum absolute atomic E-state index is 11.7. The van der Waals surface area contributed by atoms with Crippen LogP contribution >= 0.6 is 0 Å². The monoisotopic (exact) mass is 193 g/mol. The Kier molecular flexibility index (Phi) is 2.57. The van der Waals surface area contributed by atoms with Crippen molar-refractivity contribution in [2.45, 2.75) is 19.3 Å². The van der Waals surface area contributed by atoms with Crippen molar-refractivity contribution in [3.05, 3.63) is 24.2 Å². The van der Waals surface area contributed by atoms with Gasteiger partial charge in [-0.15, -0.1) is 0 Å². The van der Waals surface area contributed by atoms with Gasteiger partial charge in [0.15, 0.2) is 5.76 Å². The number of carbonyl (C=O) groups excluding carboxylic acids is 1. The molecule has 0 aromatic carbocycles. The van der Waals surface area contributed by atoms with Crippen molar-refractivity contribution in [3.8, 4) is 0 Å². The summed E-state index contributed by atoms with van der Waals surface area (Å²) in [7, 11) is 1.84. The molecule has 1 amide bonds. The van der Waals surface area contributed by atoms with Crippen LogP contribution in [0.1, 0.15) is 29.8 Å². The van der Waals surface area contributed by atoms with E-state index in [1.807, 2.05) is 7.05 Å². The fraction of sp³-hybridized carbons (Fsp3) is 0.545. The zero-order chi connectivity index (χ0) is 9.97. The zero-order valence-electron chi connectivity index (χ0n) is 8.40. The Hall–Kier alpha value is -1.25. The molecule has 1 aromatic rings. The summed E-state index contributed by atoms with van der Waals surface area (Å²) >= 11 is 0. The molecule has 14 heavy (non-hydrogen) atoms. The predicted octanol–water partition coefficient (Wildman–Crippen LogP) is 2.15. The number of nitrogens with zero attached hydrogens (tertiary/aromatic N) is 1. The van der Waals surface area contributed by atoms with Gasteiger partial charge in [-0.3, -0.25) is 4.79 Å². The van der Waals surface area contributed by atoms with Crippen molar-refractivity contribution in [3.63, 3.8) is 0 Å². The Morgan fingerprint density at radius 1 is 1.64 bits per heavy atom. The van der Waals surface area contributed by atoms with Crippen LogP contribution in [0.25, 0.3) is 0 Å². The first kappa shape index (κ1) is 9.31. The first-order chi connectivity index (χ1) is 6.77. The number of amides is 1. The molecule has 0 N–H and O–H groups in total. The molecule has 1 aromatic heterocycles. The topological polar surface area (TPSA) is 33.5 Å². The maximum atomic E-state index is 11.7. The Morgan fingerprint density at radius 2 is 2.43 bits per heavy atom. The largest absolute Gasteiger partial charge is 0.459 e. The molecule has 0 saturated heterocycles. The highest BCUT2D eigenvalue weighted by molar-refractivity contribution is 5.91. The van der Waals surface area contributed by atoms with Gasteiger partial charge < -0.3 is 9.32 Å². The van der Waals surface area contributed by atoms with Gasteiger partial charge in [0, 0.05) is 13.6 Å². The van der Waals surface area contributed by atoms with E-state index in [1.165, 1.54) is 25.5 Å². The molecule has 0 spiro atoms. The van der Waals surface area contributed by atoms with Gasteiger partial charge in [0.25, 0.3) is 5.91 Å². The van der Waals surface area contributed by atoms with E-state index in [1.54, 1.807) is 17.0 Å². The lowest BCUT2D eigenvalue weighted by Gasteiger charge is -2.29. The summed E-state index contributed by atoms with van der Waals surface area (Å²) in [5.74, 6) is 1.13. The first-order valence-electron chi connectivity index (χ1n) is 5.06. The average Bonchev–Trinajstić information content (AvgIpc) is 2.62. The van der Waals surface area contributed by atoms with Crippen LogP contribution in [0.5, 0.6) is 0 Å². The second-order valence-electron chi connectivity index (χ2n) is 3.96. The summed E-state index contributed by atoms with van der Waals surface area (Å²) in [5.41, 5.74) is 0. The molecule has 1 saturated carbocycles. The first-order valence-corrected chi connectivity index (χ1v) is 5.06. The fourth-order valence-corrected chi connectivity index (χ4v) is 1.73. The van der Waals surface area contributed by atoms with Crippen molar-refractivity contribution >= 4 is 5.91 Å². The minimum Gasteiger partial charge on any atom is -0.459 e. The molecule has 1 heterocycles. The summed E-state index contributed by atoms with van der Waals surface area (Å²) in [5, 5.41) is 0. The molecule has 3 heteroatoms. The molecule has 0 unspecified atom stereocenters. The van der Waals surface area contributed by atoms with Crippen LogP contribution in [0.4, 0.5) is 0 Å². The van der Waals surface area contributed by atoms with E-state index < -0.39 is 0 Å². The highest BCUT2D eigenvalue weighted by atomic mass is 16.3. The van der Waals surface area contributed by atoms with Crippen LogP contribution in [0.15, 0.2) is 22.8 Å². The zero-order valence-corrected chi connectivity index (χ0v) is 8.40. The van der Waals surface area contributed by atoms with Crippen LogP contribution in [0, 0.1) is 5.92 Å². The van der Waals surface area contributed by atoms with E-state index >= 15 is 0 Å². The molecular weight excluding hydrogens is 178 g/mol. The predicted molar refractivity (Wildman–Crippen MR) is 53.0 cm³/mol. The molecule has 0 radical (unpaired) electrons. The average molecular weight is 193 g/mol. The summed E-state index contributed by atoms with van der Waals surface area (Å²) in [6.07, 6.45) is 5.36. The molecule has 3 nitrogen and oxygen atoms in total. The normalized spacial score (nSPS) is 16.4. The third-order valence-electron chi connectivity index (χ3n) is 2.84. The Bertz CT molecular complexity index is 301. The number of rotatable bonds is 3. The van der Waals surface area contributed by atoms with E-state index in [4.69, 9.17) is 4.42 Å². The molecule has 2 rings (SSSR count). The lowest BCUT2D eigenvalue weighted by Crippen LogP contribution is -2.34. The Morgan fingerprint density at radius 3 is 2.93 bits per heavy atom. The smallest absolute Gasteiger partial charge is 0.289 e. The van der Waals surface area contributed by atoms with E-state index in [2.05, 4.69) is 0 Å². The van der Waals surface area contributed by atoms with Gasteiger partial charge in [0.05, 0.1) is 6.26 Å². The van der Waals surface area contributed by atoms with Gasteiger partial charge >= 0.3 is 0 Å². The van der Waals surface area contributed by atoms with Gasteiger partial charge in [-0.25, -0.2) is 0 Å². The van der Waals surface area contributed by atoms with Gasteiger partial charge in [0.1, 0.15) is 0 Å². The van der Waals surface area contributed by atoms with Crippen molar-refractivity contribution in [1.82, 2.24) is 4.90 Å². The summed E-state index contributed by atoms with van der Waals surface area (Å²) in [6, 6.07) is 3.45. The quantitative estimate of drug-likeness (QED) is 0.737. The molecule has 1 aliphatic carbocycles. The lowest BCUT2D eigenvalue weighted by molar-refractivity contribution is 0.0714. The Balaban J connectivity index is 1.90. The summed E-state index contributed by atoms with van der Waals surface area (Å²) in [4.78, 5) is 13.5. The SMILES string of the molecule is CN(CC1CCC1)C(=O)c1ccco1. The van der Waals surface area contributed by atoms with Gasteiger partial charge in [0.2, 0.25) is 0 Å². The van der Waals surface area contributed by atoms with Gasteiger partial charge in [-0.1, -0.05) is 6.42 Å². The van der Waals surface area contributed by atoms with E-state index in [9.17, 15) is 4.79 Å². The fourth-order valence-electron chi connectivity index (χ4n) is 1.73. The van der Waals surface area contributed by atoms with Crippen LogP contribution in [-0.4, -0.2) is 24.4 Å². The van der Waals surface area contributed by atoms with Crippen LogP contribution < -0.4 is 0 Å². The lowest BCUT2D eigenvalue weighted by atomic mass is 9.85. The minimum atomic E-state index is -0.0121. The third kappa shape index (κ3) is 1.81. The molecule has 1 fully saturated rings. The highest BCUT2D eigenvalue weighted by Gasteiger charge is 2.22. The standard InChI is InChI=1S/C11H15NO2/c1-12(8-9-4-2-5-9)11(13)10-6-3-7-14-10/h3,6-7,9H,2,4-5,8H2,1H3. The van der Waals surface area contributed by atoms with Crippen molar-refractivity contribution in [1.29, 1.82) is 0 Å². The van der Waals surface area contributed by atoms with Crippen molar-refractivity contribution in [2.24, 2.45) is 5.92 Å². The second-order valence-corrected chi connectivity index (χ2v) is 3.96. The van der Waals surface area contributed by atoms with E-state index in [0.29, 0.717) is 11.7 Å². The number of hydrogen-bond acceptors (Lipinski definition) is 2. The van der Waals surface area contributed by atoms with Crippen molar-refractivity contribution < 1.29 is 9.21 Å². The number of furan rings is 1. The third-order valence-corrected chi connectivity index (χ3v) is 2.84. The molecule has 76 valence electrons. The minimum absolute atomic E-state index is 0.0121.